The highest BCUT2D eigenvalue weighted by molar-refractivity contribution is 5.81. The Morgan fingerprint density at radius 1 is 1.32 bits per heavy atom. The van der Waals surface area contributed by atoms with Crippen molar-refractivity contribution in [2.24, 2.45) is 0 Å². The highest BCUT2D eigenvalue weighted by Crippen LogP contribution is 2.18. The molecule has 1 aromatic carbocycles. The number of hydrogen-bond acceptors (Lipinski definition) is 3. The van der Waals surface area contributed by atoms with Gasteiger partial charge in [-0.2, -0.15) is 0 Å². The predicted molar refractivity (Wildman–Crippen MR) is 90.6 cm³/mol. The van der Waals surface area contributed by atoms with Crippen LogP contribution in [-0.4, -0.2) is 41.1 Å². The minimum Gasteiger partial charge on any atom is -0.389 e. The van der Waals surface area contributed by atoms with E-state index in [4.69, 9.17) is 0 Å². The van der Waals surface area contributed by atoms with Crippen molar-refractivity contribution in [1.29, 1.82) is 0 Å². The van der Waals surface area contributed by atoms with E-state index in [1.54, 1.807) is 13.8 Å². The zero-order valence-corrected chi connectivity index (χ0v) is 14.5. The summed E-state index contributed by atoms with van der Waals surface area (Å²) in [5.41, 5.74) is 0.320. The molecule has 0 aliphatic carbocycles. The van der Waals surface area contributed by atoms with Crippen molar-refractivity contribution in [3.8, 4) is 0 Å². The van der Waals surface area contributed by atoms with Crippen molar-refractivity contribution in [2.75, 3.05) is 13.6 Å². The van der Waals surface area contributed by atoms with Crippen molar-refractivity contribution >= 4 is 5.91 Å². The van der Waals surface area contributed by atoms with Crippen LogP contribution in [0.3, 0.4) is 0 Å². The second-order valence-corrected chi connectivity index (χ2v) is 6.66. The Bertz CT molecular complexity index is 454. The van der Waals surface area contributed by atoms with Gasteiger partial charge in [-0.25, -0.2) is 0 Å². The lowest BCUT2D eigenvalue weighted by Crippen LogP contribution is -2.48. The van der Waals surface area contributed by atoms with Crippen LogP contribution in [-0.2, 0) is 4.79 Å². The standard InChI is InChI=1S/C18H30N2O2/c1-6-10-16(15-11-8-7-9-12-15)19-17(21)14(2)20(5)13-18(3,4)22/h7-9,11-12,14,16,22H,6,10,13H2,1-5H3,(H,19,21). The van der Waals surface area contributed by atoms with Crippen molar-refractivity contribution < 1.29 is 9.90 Å². The van der Waals surface area contributed by atoms with Gasteiger partial charge in [0.25, 0.3) is 0 Å². The molecule has 2 atom stereocenters. The molecule has 2 N–H and O–H groups in total. The molecule has 1 amide bonds. The minimum absolute atomic E-state index is 0.00551. The van der Waals surface area contributed by atoms with Crippen LogP contribution in [0.1, 0.15) is 52.1 Å². The quantitative estimate of drug-likeness (QED) is 0.776. The fraction of sp³-hybridized carbons (Fsp3) is 0.611. The molecule has 0 radical (unpaired) electrons. The molecule has 2 unspecified atom stereocenters. The number of nitrogens with one attached hydrogen (secondary N) is 1. The molecule has 0 fully saturated rings. The van der Waals surface area contributed by atoms with Gasteiger partial charge in [-0.15, -0.1) is 0 Å². The third-order valence-electron chi connectivity index (χ3n) is 3.77. The van der Waals surface area contributed by atoms with Gasteiger partial charge in [0, 0.05) is 6.54 Å². The first-order valence-corrected chi connectivity index (χ1v) is 8.02. The monoisotopic (exact) mass is 306 g/mol. The summed E-state index contributed by atoms with van der Waals surface area (Å²) < 4.78 is 0. The average molecular weight is 306 g/mol. The molecule has 0 aliphatic rings. The maximum absolute atomic E-state index is 12.5. The minimum atomic E-state index is -0.814. The molecule has 0 heterocycles. The molecule has 124 valence electrons. The van der Waals surface area contributed by atoms with Gasteiger partial charge >= 0.3 is 0 Å². The molecule has 0 aliphatic heterocycles. The number of benzene rings is 1. The lowest BCUT2D eigenvalue weighted by Gasteiger charge is -2.31. The number of hydrogen-bond donors (Lipinski definition) is 2. The van der Waals surface area contributed by atoms with Crippen molar-refractivity contribution in [2.45, 2.75) is 58.2 Å². The summed E-state index contributed by atoms with van der Waals surface area (Å²) in [7, 11) is 1.86. The van der Waals surface area contributed by atoms with E-state index in [0.717, 1.165) is 18.4 Å². The summed E-state index contributed by atoms with van der Waals surface area (Å²) in [5, 5.41) is 13.0. The fourth-order valence-electron chi connectivity index (χ4n) is 2.54. The van der Waals surface area contributed by atoms with Crippen LogP contribution in [0, 0.1) is 0 Å². The van der Waals surface area contributed by atoms with E-state index in [9.17, 15) is 9.90 Å². The Morgan fingerprint density at radius 2 is 1.91 bits per heavy atom. The smallest absolute Gasteiger partial charge is 0.237 e. The molecule has 4 nitrogen and oxygen atoms in total. The number of likely N-dealkylation sites (N-methyl/N-ethyl adjacent to an activating group) is 1. The van der Waals surface area contributed by atoms with Gasteiger partial charge in [-0.05, 0) is 39.8 Å². The van der Waals surface area contributed by atoms with E-state index < -0.39 is 5.60 Å². The maximum Gasteiger partial charge on any atom is 0.237 e. The Morgan fingerprint density at radius 3 is 2.41 bits per heavy atom. The molecule has 0 saturated heterocycles. The number of rotatable bonds is 8. The summed E-state index contributed by atoms with van der Waals surface area (Å²) >= 11 is 0. The van der Waals surface area contributed by atoms with Crippen molar-refractivity contribution in [1.82, 2.24) is 10.2 Å². The van der Waals surface area contributed by atoms with Crippen LogP contribution in [0.4, 0.5) is 0 Å². The van der Waals surface area contributed by atoms with Crippen LogP contribution in [0.2, 0.25) is 0 Å². The Hall–Kier alpha value is -1.39. The molecule has 1 aromatic rings. The molecule has 0 spiro atoms. The van der Waals surface area contributed by atoms with Gasteiger partial charge in [0.05, 0.1) is 17.7 Å². The molecule has 1 rings (SSSR count). The summed E-state index contributed by atoms with van der Waals surface area (Å²) in [5.74, 6) is -0.00551. The molecule has 4 heteroatoms. The Kier molecular flexibility index (Phi) is 7.04. The lowest BCUT2D eigenvalue weighted by molar-refractivity contribution is -0.127. The first-order chi connectivity index (χ1) is 10.2. The zero-order chi connectivity index (χ0) is 16.8. The largest absolute Gasteiger partial charge is 0.389 e. The number of carbonyl (C=O) groups is 1. The van der Waals surface area contributed by atoms with Crippen LogP contribution >= 0.6 is 0 Å². The molecule has 0 aromatic heterocycles. The topological polar surface area (TPSA) is 52.6 Å². The van der Waals surface area contributed by atoms with E-state index in [-0.39, 0.29) is 18.0 Å². The summed E-state index contributed by atoms with van der Waals surface area (Å²) in [4.78, 5) is 14.4. The van der Waals surface area contributed by atoms with E-state index in [2.05, 4.69) is 12.2 Å². The molecule has 0 bridgehead atoms. The van der Waals surface area contributed by atoms with Crippen LogP contribution in [0.25, 0.3) is 0 Å². The number of nitrogens with zero attached hydrogens (tertiary/aromatic N) is 1. The van der Waals surface area contributed by atoms with Crippen molar-refractivity contribution in [3.63, 3.8) is 0 Å². The molecule has 0 saturated carbocycles. The summed E-state index contributed by atoms with van der Waals surface area (Å²) in [6.07, 6.45) is 1.92. The maximum atomic E-state index is 12.5. The second-order valence-electron chi connectivity index (χ2n) is 6.66. The number of amides is 1. The fourth-order valence-corrected chi connectivity index (χ4v) is 2.54. The molecular formula is C18H30N2O2. The highest BCUT2D eigenvalue weighted by Gasteiger charge is 2.25. The second kappa shape index (κ2) is 8.30. The van der Waals surface area contributed by atoms with Gasteiger partial charge in [0.2, 0.25) is 5.91 Å². The van der Waals surface area contributed by atoms with E-state index in [1.165, 1.54) is 0 Å². The van der Waals surface area contributed by atoms with Crippen LogP contribution < -0.4 is 5.32 Å². The normalized spacial score (nSPS) is 14.7. The number of carbonyl (C=O) groups excluding carboxylic acids is 1. The SMILES string of the molecule is CCCC(NC(=O)C(C)N(C)CC(C)(C)O)c1ccccc1. The van der Waals surface area contributed by atoms with E-state index in [1.807, 2.05) is 49.2 Å². The summed E-state index contributed by atoms with van der Waals surface area (Å²) in [6.45, 7) is 7.93. The van der Waals surface area contributed by atoms with Gasteiger partial charge in [-0.3, -0.25) is 9.69 Å². The highest BCUT2D eigenvalue weighted by atomic mass is 16.3. The average Bonchev–Trinajstić information content (AvgIpc) is 2.45. The van der Waals surface area contributed by atoms with E-state index in [0.29, 0.717) is 6.54 Å². The van der Waals surface area contributed by atoms with Gasteiger partial charge < -0.3 is 10.4 Å². The Labute approximate surface area is 134 Å². The van der Waals surface area contributed by atoms with Gasteiger partial charge in [0.15, 0.2) is 0 Å². The van der Waals surface area contributed by atoms with Gasteiger partial charge in [-0.1, -0.05) is 43.7 Å². The van der Waals surface area contributed by atoms with Crippen LogP contribution in [0.15, 0.2) is 30.3 Å². The lowest BCUT2D eigenvalue weighted by atomic mass is 10.0. The third kappa shape index (κ3) is 6.16. The first-order valence-electron chi connectivity index (χ1n) is 8.02. The van der Waals surface area contributed by atoms with Crippen molar-refractivity contribution in [3.05, 3.63) is 35.9 Å². The van der Waals surface area contributed by atoms with Crippen LogP contribution in [0.5, 0.6) is 0 Å². The Balaban J connectivity index is 2.71. The number of aliphatic hydroxyl groups is 1. The predicted octanol–water partition coefficient (Wildman–Crippen LogP) is 2.74. The zero-order valence-electron chi connectivity index (χ0n) is 14.5. The third-order valence-corrected chi connectivity index (χ3v) is 3.77. The summed E-state index contributed by atoms with van der Waals surface area (Å²) in [6, 6.07) is 9.82. The first kappa shape index (κ1) is 18.7. The van der Waals surface area contributed by atoms with Gasteiger partial charge in [0.1, 0.15) is 0 Å². The van der Waals surface area contributed by atoms with E-state index >= 15 is 0 Å². The molecule has 22 heavy (non-hydrogen) atoms. The molecular weight excluding hydrogens is 276 g/mol.